The molecule has 6 nitrogen and oxygen atoms in total. The van der Waals surface area contributed by atoms with Gasteiger partial charge in [0.15, 0.2) is 6.61 Å². The summed E-state index contributed by atoms with van der Waals surface area (Å²) < 4.78 is 6.58. The maximum Gasteiger partial charge on any atom is 0.308 e. The van der Waals surface area contributed by atoms with E-state index in [0.717, 1.165) is 41.9 Å². The van der Waals surface area contributed by atoms with Crippen LogP contribution in [0.5, 0.6) is 0 Å². The first kappa shape index (κ1) is 18.4. The lowest BCUT2D eigenvalue weighted by Gasteiger charge is -2.26. The molecule has 0 saturated heterocycles. The maximum atomic E-state index is 12.1. The summed E-state index contributed by atoms with van der Waals surface area (Å²) in [5, 5.41) is 4.70. The van der Waals surface area contributed by atoms with E-state index >= 15 is 0 Å². The average molecular weight is 374 g/mol. The van der Waals surface area contributed by atoms with Gasteiger partial charge in [0, 0.05) is 17.6 Å². The number of amides is 1. The van der Waals surface area contributed by atoms with Crippen LogP contribution in [0.25, 0.3) is 0 Å². The minimum atomic E-state index is -0.485. The topological polar surface area (TPSA) is 77.4 Å². The van der Waals surface area contributed by atoms with Crippen molar-refractivity contribution in [3.63, 3.8) is 0 Å². The van der Waals surface area contributed by atoms with Crippen LogP contribution in [0.3, 0.4) is 0 Å². The van der Waals surface area contributed by atoms with Gasteiger partial charge in [-0.2, -0.15) is 0 Å². The highest BCUT2D eigenvalue weighted by Crippen LogP contribution is 2.29. The molecule has 26 heavy (non-hydrogen) atoms. The van der Waals surface area contributed by atoms with E-state index in [0.29, 0.717) is 0 Å². The number of rotatable bonds is 6. The Morgan fingerprint density at radius 3 is 2.92 bits per heavy atom. The number of fused-ring (bicyclic) bond motifs is 1. The maximum absolute atomic E-state index is 12.1. The summed E-state index contributed by atoms with van der Waals surface area (Å²) in [6.45, 7) is 1.79. The van der Waals surface area contributed by atoms with Gasteiger partial charge in [-0.1, -0.05) is 35.6 Å². The lowest BCUT2D eigenvalue weighted by atomic mass is 9.88. The van der Waals surface area contributed by atoms with Crippen molar-refractivity contribution in [3.8, 4) is 0 Å². The molecule has 138 valence electrons. The van der Waals surface area contributed by atoms with Crippen LogP contribution in [0.15, 0.2) is 34.4 Å². The highest BCUT2D eigenvalue weighted by Gasteiger charge is 2.21. The lowest BCUT2D eigenvalue weighted by molar-refractivity contribution is -0.149. The summed E-state index contributed by atoms with van der Waals surface area (Å²) in [6.07, 6.45) is 3.00. The molecule has 0 radical (unpaired) electrons. The van der Waals surface area contributed by atoms with Crippen LogP contribution in [-0.2, 0) is 27.3 Å². The number of nitrogens with one attached hydrogen (secondary N) is 1. The average Bonchev–Trinajstić information content (AvgIpc) is 2.96. The number of aromatic nitrogens is 1. The predicted octanol–water partition coefficient (Wildman–Crippen LogP) is 2.35. The van der Waals surface area contributed by atoms with E-state index in [-0.39, 0.29) is 36.4 Å². The van der Waals surface area contributed by atoms with E-state index in [9.17, 15) is 14.4 Å². The van der Waals surface area contributed by atoms with Crippen molar-refractivity contribution in [1.82, 2.24) is 9.88 Å². The molecule has 1 N–H and O–H groups in total. The molecule has 0 fully saturated rings. The van der Waals surface area contributed by atoms with Crippen molar-refractivity contribution in [1.29, 1.82) is 0 Å². The molecule has 1 aliphatic rings. The fraction of sp³-hybridized carbons (Fsp3) is 0.421. The van der Waals surface area contributed by atoms with Crippen molar-refractivity contribution < 1.29 is 14.3 Å². The highest BCUT2D eigenvalue weighted by atomic mass is 32.1. The standard InChI is InChI=1S/C19H22N2O4S/c1-13-12-26-19(24)21(13)10-9-18(23)25-11-17(22)20-16-8-4-6-14-5-2-3-7-15(14)16/h2-3,5,7,12,16H,4,6,8-11H2,1H3,(H,20,22). The van der Waals surface area contributed by atoms with Crippen LogP contribution < -0.4 is 10.2 Å². The third kappa shape index (κ3) is 4.40. The molecule has 7 heteroatoms. The summed E-state index contributed by atoms with van der Waals surface area (Å²) in [7, 11) is 0. The van der Waals surface area contributed by atoms with Gasteiger partial charge in [-0.15, -0.1) is 0 Å². The van der Waals surface area contributed by atoms with E-state index in [2.05, 4.69) is 11.4 Å². The summed E-state index contributed by atoms with van der Waals surface area (Å²) in [5.74, 6) is -0.786. The molecule has 1 aromatic heterocycles. The number of carbonyl (C=O) groups is 2. The van der Waals surface area contributed by atoms with Crippen LogP contribution in [-0.4, -0.2) is 23.1 Å². The first-order valence-electron chi connectivity index (χ1n) is 8.72. The second-order valence-electron chi connectivity index (χ2n) is 6.42. The molecule has 0 bridgehead atoms. The number of thiazole rings is 1. The number of aryl methyl sites for hydroxylation is 2. The molecule has 1 amide bonds. The summed E-state index contributed by atoms with van der Waals surface area (Å²) >= 11 is 1.11. The van der Waals surface area contributed by atoms with Gasteiger partial charge in [0.2, 0.25) is 0 Å². The Bertz CT molecular complexity index is 855. The van der Waals surface area contributed by atoms with E-state index in [4.69, 9.17) is 4.74 Å². The van der Waals surface area contributed by atoms with Crippen molar-refractivity contribution in [2.24, 2.45) is 0 Å². The second kappa shape index (κ2) is 8.31. The van der Waals surface area contributed by atoms with Crippen LogP contribution >= 0.6 is 11.3 Å². The molecule has 1 aromatic carbocycles. The molecule has 0 aliphatic heterocycles. The van der Waals surface area contributed by atoms with Gasteiger partial charge in [-0.05, 0) is 37.3 Å². The number of ether oxygens (including phenoxy) is 1. The number of nitrogens with zero attached hydrogens (tertiary/aromatic N) is 1. The van der Waals surface area contributed by atoms with Crippen LogP contribution in [0.1, 0.15) is 42.1 Å². The number of hydrogen-bond donors (Lipinski definition) is 1. The monoisotopic (exact) mass is 374 g/mol. The Kier molecular flexibility index (Phi) is 5.88. The number of hydrogen-bond acceptors (Lipinski definition) is 5. The van der Waals surface area contributed by atoms with E-state index in [1.54, 1.807) is 5.38 Å². The van der Waals surface area contributed by atoms with Gasteiger partial charge < -0.3 is 14.6 Å². The molecule has 0 spiro atoms. The van der Waals surface area contributed by atoms with Crippen LogP contribution in [0, 0.1) is 6.92 Å². The first-order valence-corrected chi connectivity index (χ1v) is 9.60. The first-order chi connectivity index (χ1) is 12.5. The van der Waals surface area contributed by atoms with E-state index in [1.807, 2.05) is 25.1 Å². The highest BCUT2D eigenvalue weighted by molar-refractivity contribution is 7.07. The zero-order chi connectivity index (χ0) is 18.5. The molecule has 0 saturated carbocycles. The van der Waals surface area contributed by atoms with Gasteiger partial charge in [-0.25, -0.2) is 0 Å². The second-order valence-corrected chi connectivity index (χ2v) is 7.24. The lowest BCUT2D eigenvalue weighted by Crippen LogP contribution is -2.34. The van der Waals surface area contributed by atoms with Crippen LogP contribution in [0.4, 0.5) is 0 Å². The zero-order valence-electron chi connectivity index (χ0n) is 14.7. The summed E-state index contributed by atoms with van der Waals surface area (Å²) in [4.78, 5) is 35.5. The number of benzene rings is 1. The van der Waals surface area contributed by atoms with Crippen LogP contribution in [0.2, 0.25) is 0 Å². The smallest absolute Gasteiger partial charge is 0.308 e. The van der Waals surface area contributed by atoms with Gasteiger partial charge in [0.05, 0.1) is 12.5 Å². The SMILES string of the molecule is Cc1csc(=O)n1CCC(=O)OCC(=O)NC1CCCc2ccccc21. The predicted molar refractivity (Wildman–Crippen MR) is 99.2 cm³/mol. The fourth-order valence-electron chi connectivity index (χ4n) is 3.24. The Hall–Kier alpha value is -2.41. The van der Waals surface area contributed by atoms with Crippen molar-refractivity contribution in [2.75, 3.05) is 6.61 Å². The van der Waals surface area contributed by atoms with E-state index < -0.39 is 5.97 Å². The quantitative estimate of drug-likeness (QED) is 0.788. The fourth-order valence-corrected chi connectivity index (χ4v) is 4.00. The minimum absolute atomic E-state index is 0.0295. The van der Waals surface area contributed by atoms with Gasteiger partial charge in [-0.3, -0.25) is 14.4 Å². The van der Waals surface area contributed by atoms with Gasteiger partial charge >= 0.3 is 10.8 Å². The molecular formula is C19H22N2O4S. The molecule has 1 atom stereocenters. The van der Waals surface area contributed by atoms with E-state index in [1.165, 1.54) is 10.1 Å². The Balaban J connectivity index is 1.46. The van der Waals surface area contributed by atoms with Gasteiger partial charge in [0.25, 0.3) is 5.91 Å². The van der Waals surface area contributed by atoms with Gasteiger partial charge in [0.1, 0.15) is 0 Å². The molecule has 1 heterocycles. The Morgan fingerprint density at radius 1 is 1.35 bits per heavy atom. The Morgan fingerprint density at radius 2 is 2.15 bits per heavy atom. The molecular weight excluding hydrogens is 352 g/mol. The molecule has 3 rings (SSSR count). The minimum Gasteiger partial charge on any atom is -0.456 e. The largest absolute Gasteiger partial charge is 0.456 e. The number of carbonyl (C=O) groups excluding carboxylic acids is 2. The third-order valence-electron chi connectivity index (χ3n) is 4.58. The zero-order valence-corrected chi connectivity index (χ0v) is 15.5. The normalized spacial score (nSPS) is 16.0. The molecule has 1 unspecified atom stereocenters. The summed E-state index contributed by atoms with van der Waals surface area (Å²) in [5.41, 5.74) is 3.23. The van der Waals surface area contributed by atoms with Crippen molar-refractivity contribution >= 4 is 23.2 Å². The van der Waals surface area contributed by atoms with Crippen molar-refractivity contribution in [3.05, 3.63) is 56.1 Å². The summed E-state index contributed by atoms with van der Waals surface area (Å²) in [6, 6.07) is 8.07. The number of esters is 1. The Labute approximate surface area is 155 Å². The third-order valence-corrected chi connectivity index (χ3v) is 5.47. The molecule has 1 aliphatic carbocycles. The van der Waals surface area contributed by atoms with Crippen molar-refractivity contribution in [2.45, 2.75) is 45.2 Å². The molecule has 2 aromatic rings.